The van der Waals surface area contributed by atoms with Gasteiger partial charge < -0.3 is 9.30 Å². The number of carbonyl (C=O) groups is 3. The zero-order chi connectivity index (χ0) is 24.6. The van der Waals surface area contributed by atoms with E-state index in [1.54, 1.807) is 31.2 Å². The Bertz CT molecular complexity index is 1360. The van der Waals surface area contributed by atoms with Crippen molar-refractivity contribution in [3.63, 3.8) is 0 Å². The van der Waals surface area contributed by atoms with Gasteiger partial charge >= 0.3 is 6.03 Å². The highest BCUT2D eigenvalue weighted by Gasteiger charge is 2.38. The number of carbonyl (C=O) groups excluding carboxylic acids is 3. The van der Waals surface area contributed by atoms with Crippen LogP contribution in [0.2, 0.25) is 5.02 Å². The van der Waals surface area contributed by atoms with Gasteiger partial charge in [0.25, 0.3) is 11.8 Å². The highest BCUT2D eigenvalue weighted by molar-refractivity contribution is 6.39. The Balaban J connectivity index is 1.79. The molecule has 0 bridgehead atoms. The first kappa shape index (κ1) is 23.3. The summed E-state index contributed by atoms with van der Waals surface area (Å²) in [5.74, 6) is -1.09. The van der Waals surface area contributed by atoms with Gasteiger partial charge in [0.15, 0.2) is 0 Å². The third-order valence-corrected chi connectivity index (χ3v) is 6.17. The molecule has 4 amide bonds. The largest absolute Gasteiger partial charge is 0.492 e. The SMILES string of the molecule is CCOc1ccccc1N1C(=O)NC(=O)/C(=C\c2cc(C)n(-c3cccc(Cl)c3C)c2C)C1=O. The number of aryl methyl sites for hydroxylation is 1. The van der Waals surface area contributed by atoms with Gasteiger partial charge in [-0.15, -0.1) is 0 Å². The van der Waals surface area contributed by atoms with Gasteiger partial charge in [-0.1, -0.05) is 29.8 Å². The molecule has 2 heterocycles. The van der Waals surface area contributed by atoms with Gasteiger partial charge in [-0.3, -0.25) is 14.9 Å². The molecule has 2 aromatic carbocycles. The number of ether oxygens (including phenoxy) is 1. The third-order valence-electron chi connectivity index (χ3n) is 5.76. The monoisotopic (exact) mass is 477 g/mol. The van der Waals surface area contributed by atoms with Crippen LogP contribution in [0.15, 0.2) is 54.1 Å². The van der Waals surface area contributed by atoms with Crippen molar-refractivity contribution in [1.82, 2.24) is 9.88 Å². The summed E-state index contributed by atoms with van der Waals surface area (Å²) in [5.41, 5.74) is 4.37. The molecule has 0 unspecified atom stereocenters. The molecule has 1 N–H and O–H groups in total. The highest BCUT2D eigenvalue weighted by atomic mass is 35.5. The summed E-state index contributed by atoms with van der Waals surface area (Å²) in [7, 11) is 0. The van der Waals surface area contributed by atoms with Crippen LogP contribution in [0, 0.1) is 20.8 Å². The number of para-hydroxylation sites is 2. The van der Waals surface area contributed by atoms with Crippen LogP contribution in [-0.4, -0.2) is 29.0 Å². The fourth-order valence-electron chi connectivity index (χ4n) is 4.09. The van der Waals surface area contributed by atoms with Crippen LogP contribution >= 0.6 is 11.6 Å². The second-order valence-corrected chi connectivity index (χ2v) is 8.31. The number of rotatable bonds is 5. The Hall–Kier alpha value is -3.84. The van der Waals surface area contributed by atoms with Crippen molar-refractivity contribution in [2.24, 2.45) is 0 Å². The van der Waals surface area contributed by atoms with E-state index in [4.69, 9.17) is 16.3 Å². The molecular weight excluding hydrogens is 454 g/mol. The topological polar surface area (TPSA) is 80.6 Å². The van der Waals surface area contributed by atoms with Crippen LogP contribution in [0.25, 0.3) is 11.8 Å². The van der Waals surface area contributed by atoms with E-state index in [1.807, 2.05) is 49.6 Å². The normalized spacial score (nSPS) is 15.1. The smallest absolute Gasteiger partial charge is 0.336 e. The van der Waals surface area contributed by atoms with Crippen LogP contribution in [0.5, 0.6) is 5.75 Å². The predicted octanol–water partition coefficient (Wildman–Crippen LogP) is 5.12. The summed E-state index contributed by atoms with van der Waals surface area (Å²) >= 11 is 6.32. The number of anilines is 1. The van der Waals surface area contributed by atoms with Gasteiger partial charge in [0.2, 0.25) is 0 Å². The van der Waals surface area contributed by atoms with Crippen LogP contribution in [-0.2, 0) is 9.59 Å². The van der Waals surface area contributed by atoms with Crippen molar-refractivity contribution in [2.45, 2.75) is 27.7 Å². The van der Waals surface area contributed by atoms with Crippen LogP contribution in [0.3, 0.4) is 0 Å². The van der Waals surface area contributed by atoms with Crippen molar-refractivity contribution in [2.75, 3.05) is 11.5 Å². The summed E-state index contributed by atoms with van der Waals surface area (Å²) in [6, 6.07) is 13.4. The van der Waals surface area contributed by atoms with Gasteiger partial charge in [0, 0.05) is 22.1 Å². The number of nitrogens with zero attached hydrogens (tertiary/aromatic N) is 2. The first-order valence-corrected chi connectivity index (χ1v) is 11.2. The first-order valence-electron chi connectivity index (χ1n) is 10.8. The molecule has 1 saturated heterocycles. The number of amides is 4. The summed E-state index contributed by atoms with van der Waals surface area (Å²) in [6.07, 6.45) is 1.51. The van der Waals surface area contributed by atoms with E-state index in [2.05, 4.69) is 5.32 Å². The molecule has 1 aliphatic heterocycles. The van der Waals surface area contributed by atoms with E-state index in [1.165, 1.54) is 6.08 Å². The van der Waals surface area contributed by atoms with Gasteiger partial charge in [0.1, 0.15) is 11.3 Å². The Morgan fingerprint density at radius 2 is 1.71 bits per heavy atom. The number of nitrogens with one attached hydrogen (secondary N) is 1. The number of barbiturate groups is 1. The zero-order valence-corrected chi connectivity index (χ0v) is 20.1. The molecule has 34 heavy (non-hydrogen) atoms. The lowest BCUT2D eigenvalue weighted by molar-refractivity contribution is -0.122. The molecule has 3 aromatic rings. The number of aromatic nitrogens is 1. The number of hydrogen-bond donors (Lipinski definition) is 1. The highest BCUT2D eigenvalue weighted by Crippen LogP contribution is 2.32. The number of imide groups is 2. The molecule has 1 fully saturated rings. The molecule has 174 valence electrons. The number of hydrogen-bond acceptors (Lipinski definition) is 4. The quantitative estimate of drug-likeness (QED) is 0.408. The molecule has 0 spiro atoms. The number of halogens is 1. The summed E-state index contributed by atoms with van der Waals surface area (Å²) in [6.45, 7) is 7.94. The van der Waals surface area contributed by atoms with E-state index < -0.39 is 17.8 Å². The minimum atomic E-state index is -0.820. The molecule has 8 heteroatoms. The molecule has 1 aromatic heterocycles. The Morgan fingerprint density at radius 1 is 1.00 bits per heavy atom. The predicted molar refractivity (Wildman–Crippen MR) is 132 cm³/mol. The molecular formula is C26H24ClN3O4. The van der Waals surface area contributed by atoms with E-state index >= 15 is 0 Å². The van der Waals surface area contributed by atoms with Gasteiger partial charge in [0.05, 0.1) is 12.3 Å². The van der Waals surface area contributed by atoms with Crippen LogP contribution in [0.4, 0.5) is 10.5 Å². The number of urea groups is 1. The van der Waals surface area contributed by atoms with Crippen LogP contribution < -0.4 is 15.0 Å². The Morgan fingerprint density at radius 3 is 2.44 bits per heavy atom. The molecule has 4 rings (SSSR count). The van der Waals surface area contributed by atoms with Crippen molar-refractivity contribution in [3.05, 3.63) is 81.6 Å². The second kappa shape index (κ2) is 9.19. The average molecular weight is 478 g/mol. The third kappa shape index (κ3) is 3.99. The maximum Gasteiger partial charge on any atom is 0.336 e. The van der Waals surface area contributed by atoms with Crippen molar-refractivity contribution < 1.29 is 19.1 Å². The standard InChI is InChI=1S/C26H24ClN3O4/c1-5-34-23-12-7-6-10-22(23)30-25(32)19(24(31)28-26(30)33)14-18-13-15(2)29(17(18)4)21-11-8-9-20(27)16(21)3/h6-14H,5H2,1-4H3,(H,28,31,33)/b19-14+. The molecule has 0 atom stereocenters. The van der Waals surface area contributed by atoms with Gasteiger partial charge in [-0.05, 0) is 75.2 Å². The molecule has 1 aliphatic rings. The maximum atomic E-state index is 13.4. The molecule has 0 saturated carbocycles. The van der Waals surface area contributed by atoms with Gasteiger partial charge in [-0.2, -0.15) is 0 Å². The lowest BCUT2D eigenvalue weighted by Crippen LogP contribution is -2.54. The fourth-order valence-corrected chi connectivity index (χ4v) is 4.26. The summed E-state index contributed by atoms with van der Waals surface area (Å²) in [5, 5.41) is 2.91. The van der Waals surface area contributed by atoms with E-state index in [-0.39, 0.29) is 11.3 Å². The second-order valence-electron chi connectivity index (χ2n) is 7.90. The number of benzene rings is 2. The van der Waals surface area contributed by atoms with E-state index in [0.29, 0.717) is 22.9 Å². The molecule has 7 nitrogen and oxygen atoms in total. The van der Waals surface area contributed by atoms with Gasteiger partial charge in [-0.25, -0.2) is 9.69 Å². The lowest BCUT2D eigenvalue weighted by Gasteiger charge is -2.27. The van der Waals surface area contributed by atoms with Crippen molar-refractivity contribution >= 4 is 41.2 Å². The minimum absolute atomic E-state index is 0.144. The zero-order valence-electron chi connectivity index (χ0n) is 19.3. The van der Waals surface area contributed by atoms with E-state index in [0.717, 1.165) is 27.5 Å². The Labute approximate surface area is 202 Å². The summed E-state index contributed by atoms with van der Waals surface area (Å²) < 4.78 is 7.60. The first-order chi connectivity index (χ1) is 16.2. The molecule has 0 aliphatic carbocycles. The van der Waals surface area contributed by atoms with Crippen molar-refractivity contribution in [3.8, 4) is 11.4 Å². The summed E-state index contributed by atoms with van der Waals surface area (Å²) in [4.78, 5) is 39.6. The molecule has 0 radical (unpaired) electrons. The average Bonchev–Trinajstić information content (AvgIpc) is 3.07. The Kier molecular flexibility index (Phi) is 6.30. The minimum Gasteiger partial charge on any atom is -0.492 e. The lowest BCUT2D eigenvalue weighted by atomic mass is 10.1. The van der Waals surface area contributed by atoms with Crippen molar-refractivity contribution in [1.29, 1.82) is 0 Å². The maximum absolute atomic E-state index is 13.4. The van der Waals surface area contributed by atoms with E-state index in [9.17, 15) is 14.4 Å². The van der Waals surface area contributed by atoms with Crippen LogP contribution in [0.1, 0.15) is 29.4 Å². The fraction of sp³-hybridized carbons (Fsp3) is 0.192.